The maximum atomic E-state index is 5.70. The van der Waals surface area contributed by atoms with E-state index in [-0.39, 0.29) is 0 Å². The highest BCUT2D eigenvalue weighted by atomic mass is 16.5. The molecular weight excluding hydrogens is 328 g/mol. The van der Waals surface area contributed by atoms with E-state index in [4.69, 9.17) is 14.2 Å². The van der Waals surface area contributed by atoms with Crippen LogP contribution in [0.2, 0.25) is 0 Å². The maximum Gasteiger partial charge on any atom is 0.161 e. The summed E-state index contributed by atoms with van der Waals surface area (Å²) in [6.45, 7) is 8.43. The van der Waals surface area contributed by atoms with E-state index >= 15 is 0 Å². The smallest absolute Gasteiger partial charge is 0.161 e. The number of methoxy groups -OCH3 is 1. The number of benzene rings is 1. The topological polar surface area (TPSA) is 43.0 Å². The molecule has 1 aromatic rings. The lowest BCUT2D eigenvalue weighted by Crippen LogP contribution is -2.59. The molecule has 0 bridgehead atoms. The number of nitrogens with zero attached hydrogens (tertiary/aromatic N) is 1. The van der Waals surface area contributed by atoms with Gasteiger partial charge in [0.15, 0.2) is 11.5 Å². The molecule has 0 atom stereocenters. The number of rotatable bonds is 8. The van der Waals surface area contributed by atoms with Crippen molar-refractivity contribution >= 4 is 0 Å². The second-order valence-corrected chi connectivity index (χ2v) is 7.41. The molecule has 0 aromatic heterocycles. The average molecular weight is 363 g/mol. The van der Waals surface area contributed by atoms with Crippen molar-refractivity contribution in [2.45, 2.75) is 51.1 Å². The van der Waals surface area contributed by atoms with E-state index in [0.29, 0.717) is 12.1 Å². The zero-order valence-corrected chi connectivity index (χ0v) is 16.4. The standard InChI is InChI=1S/C21H34N2O3/c1-3-26-20-15-18(7-8-19(20)24-2)16-22-17-21(9-5-4-6-10-21)23-11-13-25-14-12-23/h7-8,15,22H,3-6,9-14,16-17H2,1-2H3. The number of hydrogen-bond acceptors (Lipinski definition) is 5. The number of nitrogens with one attached hydrogen (secondary N) is 1. The largest absolute Gasteiger partial charge is 0.493 e. The molecule has 1 heterocycles. The third-order valence-electron chi connectivity index (χ3n) is 5.78. The van der Waals surface area contributed by atoms with Gasteiger partial charge in [0, 0.05) is 31.7 Å². The molecule has 1 aromatic carbocycles. The highest BCUT2D eigenvalue weighted by Gasteiger charge is 2.38. The first-order valence-corrected chi connectivity index (χ1v) is 10.1. The monoisotopic (exact) mass is 362 g/mol. The Morgan fingerprint density at radius 2 is 1.88 bits per heavy atom. The lowest BCUT2D eigenvalue weighted by molar-refractivity contribution is -0.0369. The van der Waals surface area contributed by atoms with Crippen LogP contribution in [0.5, 0.6) is 11.5 Å². The van der Waals surface area contributed by atoms with Gasteiger partial charge in [0.05, 0.1) is 26.9 Å². The molecule has 0 radical (unpaired) electrons. The quantitative estimate of drug-likeness (QED) is 0.769. The predicted octanol–water partition coefficient (Wildman–Crippen LogP) is 3.22. The third-order valence-corrected chi connectivity index (χ3v) is 5.78. The van der Waals surface area contributed by atoms with Gasteiger partial charge in [-0.1, -0.05) is 25.3 Å². The summed E-state index contributed by atoms with van der Waals surface area (Å²) in [5.74, 6) is 1.63. The summed E-state index contributed by atoms with van der Waals surface area (Å²) >= 11 is 0. The van der Waals surface area contributed by atoms with Crippen LogP contribution in [-0.2, 0) is 11.3 Å². The number of hydrogen-bond donors (Lipinski definition) is 1. The summed E-state index contributed by atoms with van der Waals surface area (Å²) in [6.07, 6.45) is 6.66. The maximum absolute atomic E-state index is 5.70. The minimum atomic E-state index is 0.303. The average Bonchev–Trinajstić information content (AvgIpc) is 2.70. The first kappa shape index (κ1) is 19.5. The molecular formula is C21H34N2O3. The van der Waals surface area contributed by atoms with E-state index < -0.39 is 0 Å². The van der Waals surface area contributed by atoms with E-state index in [2.05, 4.69) is 22.3 Å². The highest BCUT2D eigenvalue weighted by Crippen LogP contribution is 2.34. The van der Waals surface area contributed by atoms with Crippen LogP contribution in [0.4, 0.5) is 0 Å². The zero-order valence-electron chi connectivity index (χ0n) is 16.4. The van der Waals surface area contributed by atoms with Gasteiger partial charge >= 0.3 is 0 Å². The van der Waals surface area contributed by atoms with Gasteiger partial charge in [-0.3, -0.25) is 4.90 Å². The molecule has 2 aliphatic rings. The molecule has 146 valence electrons. The first-order chi connectivity index (χ1) is 12.8. The van der Waals surface area contributed by atoms with Crippen molar-refractivity contribution in [2.24, 2.45) is 0 Å². The molecule has 0 amide bonds. The van der Waals surface area contributed by atoms with Crippen molar-refractivity contribution in [1.29, 1.82) is 0 Å². The van der Waals surface area contributed by atoms with Crippen molar-refractivity contribution in [3.63, 3.8) is 0 Å². The van der Waals surface area contributed by atoms with Crippen LogP contribution >= 0.6 is 0 Å². The summed E-state index contributed by atoms with van der Waals surface area (Å²) in [5.41, 5.74) is 1.54. The molecule has 5 nitrogen and oxygen atoms in total. The normalized spacial score (nSPS) is 20.7. The molecule has 5 heteroatoms. The third kappa shape index (κ3) is 4.70. The number of morpholine rings is 1. The fourth-order valence-electron chi connectivity index (χ4n) is 4.39. The summed E-state index contributed by atoms with van der Waals surface area (Å²) < 4.78 is 16.7. The van der Waals surface area contributed by atoms with Gasteiger partial charge in [-0.2, -0.15) is 0 Å². The van der Waals surface area contributed by atoms with E-state index in [9.17, 15) is 0 Å². The van der Waals surface area contributed by atoms with Crippen LogP contribution in [0.25, 0.3) is 0 Å². The Balaban J connectivity index is 1.61. The van der Waals surface area contributed by atoms with Crippen LogP contribution in [-0.4, -0.2) is 57.0 Å². The van der Waals surface area contributed by atoms with Crippen molar-refractivity contribution in [2.75, 3.05) is 46.6 Å². The van der Waals surface area contributed by atoms with Crippen molar-refractivity contribution in [3.05, 3.63) is 23.8 Å². The van der Waals surface area contributed by atoms with E-state index in [1.807, 2.05) is 13.0 Å². The van der Waals surface area contributed by atoms with Crippen LogP contribution in [0.15, 0.2) is 18.2 Å². The Labute approximate surface area is 158 Å². The van der Waals surface area contributed by atoms with Gasteiger partial charge in [0.25, 0.3) is 0 Å². The van der Waals surface area contributed by atoms with Gasteiger partial charge in [0.1, 0.15) is 0 Å². The summed E-state index contributed by atoms with van der Waals surface area (Å²) in [6, 6.07) is 6.22. The fourth-order valence-corrected chi connectivity index (χ4v) is 4.39. The molecule has 1 saturated heterocycles. The summed E-state index contributed by atoms with van der Waals surface area (Å²) in [5, 5.41) is 3.74. The van der Waals surface area contributed by atoms with Crippen molar-refractivity contribution in [1.82, 2.24) is 10.2 Å². The Bertz CT molecular complexity index is 552. The Morgan fingerprint density at radius 3 is 2.58 bits per heavy atom. The molecule has 1 N–H and O–H groups in total. The van der Waals surface area contributed by atoms with Gasteiger partial charge < -0.3 is 19.5 Å². The molecule has 26 heavy (non-hydrogen) atoms. The van der Waals surface area contributed by atoms with Gasteiger partial charge in [-0.15, -0.1) is 0 Å². The van der Waals surface area contributed by atoms with Crippen molar-refractivity contribution < 1.29 is 14.2 Å². The highest BCUT2D eigenvalue weighted by molar-refractivity contribution is 5.42. The van der Waals surface area contributed by atoms with Crippen molar-refractivity contribution in [3.8, 4) is 11.5 Å². The first-order valence-electron chi connectivity index (χ1n) is 10.1. The molecule has 0 spiro atoms. The Morgan fingerprint density at radius 1 is 1.12 bits per heavy atom. The van der Waals surface area contributed by atoms with E-state index in [0.717, 1.165) is 50.9 Å². The fraction of sp³-hybridized carbons (Fsp3) is 0.714. The van der Waals surface area contributed by atoms with E-state index in [1.54, 1.807) is 7.11 Å². The predicted molar refractivity (Wildman–Crippen MR) is 104 cm³/mol. The molecule has 0 unspecified atom stereocenters. The minimum Gasteiger partial charge on any atom is -0.493 e. The van der Waals surface area contributed by atoms with Gasteiger partial charge in [-0.05, 0) is 37.5 Å². The lowest BCUT2D eigenvalue weighted by Gasteiger charge is -2.48. The molecule has 1 saturated carbocycles. The van der Waals surface area contributed by atoms with Crippen LogP contribution < -0.4 is 14.8 Å². The SMILES string of the molecule is CCOc1cc(CNCC2(N3CCOCC3)CCCCC2)ccc1OC. The Kier molecular flexibility index (Phi) is 7.17. The molecule has 1 aliphatic carbocycles. The van der Waals surface area contributed by atoms with E-state index in [1.165, 1.54) is 37.7 Å². The lowest BCUT2D eigenvalue weighted by atomic mass is 9.79. The zero-order chi connectivity index (χ0) is 18.2. The second-order valence-electron chi connectivity index (χ2n) is 7.41. The van der Waals surface area contributed by atoms with Crippen LogP contribution in [0.1, 0.15) is 44.6 Å². The molecule has 1 aliphatic heterocycles. The second kappa shape index (κ2) is 9.58. The number of ether oxygens (including phenoxy) is 3. The van der Waals surface area contributed by atoms with Gasteiger partial charge in [0.2, 0.25) is 0 Å². The minimum absolute atomic E-state index is 0.303. The summed E-state index contributed by atoms with van der Waals surface area (Å²) in [4.78, 5) is 2.68. The van der Waals surface area contributed by atoms with Crippen LogP contribution in [0.3, 0.4) is 0 Å². The Hall–Kier alpha value is -1.30. The van der Waals surface area contributed by atoms with Crippen LogP contribution in [0, 0.1) is 0 Å². The van der Waals surface area contributed by atoms with Gasteiger partial charge in [-0.25, -0.2) is 0 Å². The summed E-state index contributed by atoms with van der Waals surface area (Å²) in [7, 11) is 1.69. The molecule has 3 rings (SSSR count). The molecule has 2 fully saturated rings.